The highest BCUT2D eigenvalue weighted by atomic mass is 16.5. The van der Waals surface area contributed by atoms with Crippen LogP contribution in [0.25, 0.3) is 22.2 Å². The number of fused-ring (bicyclic) bond motifs is 1. The van der Waals surface area contributed by atoms with Gasteiger partial charge in [-0.25, -0.2) is 9.78 Å². The van der Waals surface area contributed by atoms with Crippen LogP contribution in [-0.4, -0.2) is 29.8 Å². The molecular formula is C21H21NO4. The predicted molar refractivity (Wildman–Crippen MR) is 101 cm³/mol. The Kier molecular flexibility index (Phi) is 5.07. The molecule has 134 valence electrons. The number of pyridine rings is 1. The minimum absolute atomic E-state index is 0.227. The van der Waals surface area contributed by atoms with Crippen molar-refractivity contribution in [2.75, 3.05) is 13.7 Å². The molecule has 0 aliphatic carbocycles. The number of aromatic nitrogens is 1. The molecule has 0 aliphatic heterocycles. The highest BCUT2D eigenvalue weighted by molar-refractivity contribution is 6.03. The fourth-order valence-corrected chi connectivity index (χ4v) is 2.70. The summed E-state index contributed by atoms with van der Waals surface area (Å²) in [6.07, 6.45) is 0. The number of rotatable bonds is 6. The molecule has 3 aromatic rings. The van der Waals surface area contributed by atoms with Crippen LogP contribution in [0.15, 0.2) is 48.5 Å². The van der Waals surface area contributed by atoms with Gasteiger partial charge >= 0.3 is 5.97 Å². The van der Waals surface area contributed by atoms with Gasteiger partial charge in [0.2, 0.25) is 0 Å². The highest BCUT2D eigenvalue weighted by Crippen LogP contribution is 2.33. The Labute approximate surface area is 152 Å². The van der Waals surface area contributed by atoms with Crippen molar-refractivity contribution in [3.05, 3.63) is 54.1 Å². The van der Waals surface area contributed by atoms with Crippen LogP contribution in [0.1, 0.15) is 24.2 Å². The van der Waals surface area contributed by atoms with E-state index in [1.54, 1.807) is 25.3 Å². The maximum atomic E-state index is 11.7. The third kappa shape index (κ3) is 3.61. The first-order valence-electron chi connectivity index (χ1n) is 8.44. The Morgan fingerprint density at radius 3 is 2.58 bits per heavy atom. The van der Waals surface area contributed by atoms with Crippen LogP contribution in [0, 0.1) is 5.92 Å². The first-order chi connectivity index (χ1) is 12.5. The van der Waals surface area contributed by atoms with E-state index in [4.69, 9.17) is 9.47 Å². The molecule has 2 aromatic carbocycles. The Bertz CT molecular complexity index is 950. The minimum atomic E-state index is -0.978. The second kappa shape index (κ2) is 7.44. The number of ether oxygens (including phenoxy) is 2. The zero-order chi connectivity index (χ0) is 18.7. The summed E-state index contributed by atoms with van der Waals surface area (Å²) in [7, 11) is 1.58. The van der Waals surface area contributed by atoms with Crippen LogP contribution in [-0.2, 0) is 0 Å². The largest absolute Gasteiger partial charge is 0.493 e. The van der Waals surface area contributed by atoms with Gasteiger partial charge in [0, 0.05) is 10.9 Å². The number of carboxylic acid groups (broad SMARTS) is 1. The van der Waals surface area contributed by atoms with Crippen LogP contribution >= 0.6 is 0 Å². The van der Waals surface area contributed by atoms with E-state index in [-0.39, 0.29) is 5.56 Å². The molecular weight excluding hydrogens is 330 g/mol. The summed E-state index contributed by atoms with van der Waals surface area (Å²) in [6.45, 7) is 4.74. The Balaban J connectivity index is 2.07. The number of benzene rings is 2. The zero-order valence-electron chi connectivity index (χ0n) is 15.0. The molecule has 3 rings (SSSR count). The first-order valence-corrected chi connectivity index (χ1v) is 8.44. The first kappa shape index (κ1) is 17.7. The van der Waals surface area contributed by atoms with Crippen molar-refractivity contribution in [1.82, 2.24) is 4.98 Å². The van der Waals surface area contributed by atoms with E-state index in [1.165, 1.54) is 0 Å². The number of para-hydroxylation sites is 1. The van der Waals surface area contributed by atoms with Crippen molar-refractivity contribution in [2.24, 2.45) is 5.92 Å². The number of carboxylic acids is 1. The summed E-state index contributed by atoms with van der Waals surface area (Å²) in [5, 5.41) is 10.2. The lowest BCUT2D eigenvalue weighted by molar-refractivity contribution is 0.0699. The molecule has 1 aromatic heterocycles. The maximum Gasteiger partial charge on any atom is 0.336 e. The molecule has 0 amide bonds. The van der Waals surface area contributed by atoms with E-state index < -0.39 is 5.97 Å². The lowest BCUT2D eigenvalue weighted by Gasteiger charge is -2.14. The third-order valence-corrected chi connectivity index (χ3v) is 3.98. The van der Waals surface area contributed by atoms with Gasteiger partial charge in [-0.1, -0.05) is 32.0 Å². The van der Waals surface area contributed by atoms with Crippen LogP contribution in [0.2, 0.25) is 0 Å². The molecule has 1 N–H and O–H groups in total. The Morgan fingerprint density at radius 1 is 1.12 bits per heavy atom. The van der Waals surface area contributed by atoms with Gasteiger partial charge in [0.25, 0.3) is 0 Å². The monoisotopic (exact) mass is 351 g/mol. The fraction of sp³-hybridized carbons (Fsp3) is 0.238. The highest BCUT2D eigenvalue weighted by Gasteiger charge is 2.14. The smallest absolute Gasteiger partial charge is 0.336 e. The molecule has 0 bridgehead atoms. The van der Waals surface area contributed by atoms with Gasteiger partial charge in [-0.05, 0) is 36.2 Å². The average molecular weight is 351 g/mol. The maximum absolute atomic E-state index is 11.7. The number of aromatic carboxylic acids is 1. The molecule has 1 heterocycles. The second-order valence-corrected chi connectivity index (χ2v) is 6.45. The molecule has 0 aliphatic rings. The van der Waals surface area contributed by atoms with Gasteiger partial charge in [-0.15, -0.1) is 0 Å². The van der Waals surface area contributed by atoms with E-state index in [2.05, 4.69) is 18.8 Å². The molecule has 5 nitrogen and oxygen atoms in total. The number of hydrogen-bond donors (Lipinski definition) is 1. The van der Waals surface area contributed by atoms with E-state index in [9.17, 15) is 9.90 Å². The second-order valence-electron chi connectivity index (χ2n) is 6.45. The molecule has 0 radical (unpaired) electrons. The SMILES string of the molecule is COc1cc(-c2cc(C(=O)O)c3ccccc3n2)ccc1OCC(C)C. The number of carbonyl (C=O) groups is 1. The summed E-state index contributed by atoms with van der Waals surface area (Å²) >= 11 is 0. The van der Waals surface area contributed by atoms with Crippen molar-refractivity contribution in [3.63, 3.8) is 0 Å². The molecule has 26 heavy (non-hydrogen) atoms. The van der Waals surface area contributed by atoms with Crippen molar-refractivity contribution in [2.45, 2.75) is 13.8 Å². The summed E-state index contributed by atoms with van der Waals surface area (Å²) in [4.78, 5) is 16.3. The van der Waals surface area contributed by atoms with Crippen LogP contribution < -0.4 is 9.47 Å². The molecule has 0 saturated carbocycles. The number of nitrogens with zero attached hydrogens (tertiary/aromatic N) is 1. The predicted octanol–water partition coefficient (Wildman–Crippen LogP) is 4.64. The van der Waals surface area contributed by atoms with Gasteiger partial charge in [0.15, 0.2) is 11.5 Å². The molecule has 0 atom stereocenters. The van der Waals surface area contributed by atoms with Crippen molar-refractivity contribution in [3.8, 4) is 22.8 Å². The third-order valence-electron chi connectivity index (χ3n) is 3.98. The van der Waals surface area contributed by atoms with Gasteiger partial charge in [-0.3, -0.25) is 0 Å². The number of methoxy groups -OCH3 is 1. The standard InChI is InChI=1S/C21H21NO4/c1-13(2)12-26-19-9-8-14(10-20(19)25-3)18-11-16(21(23)24)15-6-4-5-7-17(15)22-18/h4-11,13H,12H2,1-3H3,(H,23,24). The van der Waals surface area contributed by atoms with Crippen LogP contribution in [0.4, 0.5) is 0 Å². The average Bonchev–Trinajstić information content (AvgIpc) is 2.65. The fourth-order valence-electron chi connectivity index (χ4n) is 2.70. The molecule has 5 heteroatoms. The van der Waals surface area contributed by atoms with Gasteiger partial charge in [0.1, 0.15) is 0 Å². The molecule has 0 spiro atoms. The number of hydrogen-bond acceptors (Lipinski definition) is 4. The van der Waals surface area contributed by atoms with Gasteiger partial charge in [0.05, 0.1) is 30.5 Å². The van der Waals surface area contributed by atoms with Gasteiger partial charge in [-0.2, -0.15) is 0 Å². The summed E-state index contributed by atoms with van der Waals surface area (Å²) < 4.78 is 11.2. The van der Waals surface area contributed by atoms with Crippen molar-refractivity contribution < 1.29 is 19.4 Å². The van der Waals surface area contributed by atoms with Crippen LogP contribution in [0.3, 0.4) is 0 Å². The zero-order valence-corrected chi connectivity index (χ0v) is 15.0. The van der Waals surface area contributed by atoms with Crippen molar-refractivity contribution in [1.29, 1.82) is 0 Å². The molecule has 0 fully saturated rings. The van der Waals surface area contributed by atoms with Gasteiger partial charge < -0.3 is 14.6 Å². The Hall–Kier alpha value is -3.08. The summed E-state index contributed by atoms with van der Waals surface area (Å²) in [5.74, 6) is 0.674. The lowest BCUT2D eigenvalue weighted by Crippen LogP contribution is -2.05. The topological polar surface area (TPSA) is 68.7 Å². The summed E-state index contributed by atoms with van der Waals surface area (Å²) in [5.41, 5.74) is 2.22. The van der Waals surface area contributed by atoms with Crippen LogP contribution in [0.5, 0.6) is 11.5 Å². The molecule has 0 unspecified atom stereocenters. The summed E-state index contributed by atoms with van der Waals surface area (Å²) in [6, 6.07) is 14.3. The lowest BCUT2D eigenvalue weighted by atomic mass is 10.0. The van der Waals surface area contributed by atoms with E-state index in [0.29, 0.717) is 40.6 Å². The van der Waals surface area contributed by atoms with E-state index >= 15 is 0 Å². The van der Waals surface area contributed by atoms with E-state index in [1.807, 2.05) is 30.3 Å². The van der Waals surface area contributed by atoms with Crippen molar-refractivity contribution >= 4 is 16.9 Å². The quantitative estimate of drug-likeness (QED) is 0.700. The molecule has 0 saturated heterocycles. The minimum Gasteiger partial charge on any atom is -0.493 e. The van der Waals surface area contributed by atoms with E-state index in [0.717, 1.165) is 5.56 Å². The Morgan fingerprint density at radius 2 is 1.88 bits per heavy atom. The normalized spacial score (nSPS) is 10.9.